The molecule has 0 saturated carbocycles. The number of amides is 1. The molecule has 0 unspecified atom stereocenters. The van der Waals surface area contributed by atoms with Gasteiger partial charge in [0.15, 0.2) is 0 Å². The Morgan fingerprint density at radius 2 is 1.33 bits per heavy atom. The summed E-state index contributed by atoms with van der Waals surface area (Å²) in [7, 11) is 0. The second-order valence-corrected chi connectivity index (χ2v) is 7.11. The van der Waals surface area contributed by atoms with Crippen molar-refractivity contribution < 1.29 is 33.4 Å². The minimum Gasteiger partial charge on any atom is -0.466 e. The fourth-order valence-electron chi connectivity index (χ4n) is 1.92. The second-order valence-electron chi connectivity index (χ2n) is 7.11. The van der Waals surface area contributed by atoms with E-state index in [0.717, 1.165) is 12.8 Å². The summed E-state index contributed by atoms with van der Waals surface area (Å²) in [6.45, 7) is 7.40. The van der Waals surface area contributed by atoms with Crippen LogP contribution in [0.5, 0.6) is 0 Å². The zero-order valence-electron chi connectivity index (χ0n) is 16.9. The average molecular weight is 387 g/mol. The molecular formula is C19H33NO7. The smallest absolute Gasteiger partial charge is 0.325 e. The average Bonchev–Trinajstić information content (AvgIpc) is 2.57. The van der Waals surface area contributed by atoms with Crippen molar-refractivity contribution >= 4 is 23.8 Å². The van der Waals surface area contributed by atoms with Crippen LogP contribution in [0, 0.1) is 0 Å². The molecule has 0 atom stereocenters. The first-order valence-electron chi connectivity index (χ1n) is 9.44. The molecule has 0 rings (SSSR count). The van der Waals surface area contributed by atoms with Crippen molar-refractivity contribution in [1.82, 2.24) is 5.32 Å². The molecule has 1 amide bonds. The van der Waals surface area contributed by atoms with Crippen LogP contribution in [0.25, 0.3) is 0 Å². The monoisotopic (exact) mass is 387 g/mol. The molecule has 8 nitrogen and oxygen atoms in total. The third-order valence-electron chi connectivity index (χ3n) is 3.18. The number of ether oxygens (including phenoxy) is 3. The van der Waals surface area contributed by atoms with E-state index in [9.17, 15) is 19.2 Å². The lowest BCUT2D eigenvalue weighted by atomic mass is 10.2. The lowest BCUT2D eigenvalue weighted by Crippen LogP contribution is -2.30. The molecule has 0 heterocycles. The number of carbonyl (C=O) groups is 4. The first-order chi connectivity index (χ1) is 12.6. The van der Waals surface area contributed by atoms with Crippen LogP contribution in [-0.2, 0) is 33.4 Å². The Morgan fingerprint density at radius 3 is 1.89 bits per heavy atom. The highest BCUT2D eigenvalue weighted by Gasteiger charge is 2.16. The number of unbranched alkanes of at least 4 members (excludes halogenated alkanes) is 1. The van der Waals surface area contributed by atoms with Gasteiger partial charge in [0.05, 0.1) is 13.2 Å². The van der Waals surface area contributed by atoms with Crippen LogP contribution in [-0.4, -0.2) is 49.2 Å². The van der Waals surface area contributed by atoms with Gasteiger partial charge in [-0.05, 0) is 40.0 Å². The summed E-state index contributed by atoms with van der Waals surface area (Å²) < 4.78 is 15.1. The van der Waals surface area contributed by atoms with Crippen molar-refractivity contribution in [3.8, 4) is 0 Å². The van der Waals surface area contributed by atoms with Gasteiger partial charge in [0.25, 0.3) is 0 Å². The Balaban J connectivity index is 3.62. The van der Waals surface area contributed by atoms with Gasteiger partial charge >= 0.3 is 17.9 Å². The normalized spacial score (nSPS) is 10.8. The van der Waals surface area contributed by atoms with Crippen LogP contribution in [0.15, 0.2) is 0 Å². The summed E-state index contributed by atoms with van der Waals surface area (Å²) in [5, 5.41) is 2.48. The molecule has 0 bridgehead atoms. The molecule has 0 saturated heterocycles. The van der Waals surface area contributed by atoms with Crippen LogP contribution in [0.1, 0.15) is 72.6 Å². The number of carbonyl (C=O) groups excluding carboxylic acids is 4. The van der Waals surface area contributed by atoms with E-state index in [2.05, 4.69) is 5.32 Å². The molecule has 8 heteroatoms. The zero-order valence-corrected chi connectivity index (χ0v) is 16.9. The fourth-order valence-corrected chi connectivity index (χ4v) is 1.92. The van der Waals surface area contributed by atoms with Crippen LogP contribution >= 0.6 is 0 Å². The largest absolute Gasteiger partial charge is 0.466 e. The molecule has 0 aliphatic rings. The Morgan fingerprint density at radius 1 is 0.778 bits per heavy atom. The zero-order chi connectivity index (χ0) is 20.7. The van der Waals surface area contributed by atoms with Crippen molar-refractivity contribution in [2.75, 3.05) is 19.8 Å². The van der Waals surface area contributed by atoms with Gasteiger partial charge in [0.1, 0.15) is 12.1 Å². The Kier molecular flexibility index (Phi) is 12.9. The van der Waals surface area contributed by atoms with E-state index in [1.165, 1.54) is 0 Å². The molecule has 0 aromatic rings. The van der Waals surface area contributed by atoms with Crippen molar-refractivity contribution in [1.29, 1.82) is 0 Å². The maximum Gasteiger partial charge on any atom is 0.325 e. The number of hydrogen-bond donors (Lipinski definition) is 1. The highest BCUT2D eigenvalue weighted by molar-refractivity contribution is 5.81. The first kappa shape index (κ1) is 24.9. The summed E-state index contributed by atoms with van der Waals surface area (Å²) in [5.74, 6) is -1.45. The molecule has 0 aromatic carbocycles. The van der Waals surface area contributed by atoms with E-state index < -0.39 is 17.5 Å². The van der Waals surface area contributed by atoms with E-state index in [4.69, 9.17) is 14.2 Å². The molecule has 1 N–H and O–H groups in total. The summed E-state index contributed by atoms with van der Waals surface area (Å²) in [6, 6.07) is 0. The minimum atomic E-state index is -0.537. The van der Waals surface area contributed by atoms with E-state index in [-0.39, 0.29) is 44.5 Å². The quantitative estimate of drug-likeness (QED) is 0.293. The summed E-state index contributed by atoms with van der Waals surface area (Å²) in [4.78, 5) is 45.8. The van der Waals surface area contributed by atoms with Gasteiger partial charge in [0, 0.05) is 19.3 Å². The molecule has 0 aliphatic carbocycles. The minimum absolute atomic E-state index is 0.0800. The molecule has 27 heavy (non-hydrogen) atoms. The lowest BCUT2D eigenvalue weighted by Gasteiger charge is -2.19. The van der Waals surface area contributed by atoms with Crippen LogP contribution < -0.4 is 5.32 Å². The van der Waals surface area contributed by atoms with Crippen molar-refractivity contribution in [3.63, 3.8) is 0 Å². The summed E-state index contributed by atoms with van der Waals surface area (Å²) in [5.41, 5.74) is -0.524. The van der Waals surface area contributed by atoms with Crippen molar-refractivity contribution in [2.24, 2.45) is 0 Å². The van der Waals surface area contributed by atoms with E-state index >= 15 is 0 Å². The molecule has 0 spiro atoms. The molecule has 0 aromatic heterocycles. The standard InChI is InChI=1S/C19H33NO7/c1-5-6-9-15(21)20-14-18(24)26-13-7-10-16(22)25-12-8-11-17(23)27-19(2,3)4/h5-14H2,1-4H3,(H,20,21). The van der Waals surface area contributed by atoms with Gasteiger partial charge < -0.3 is 19.5 Å². The van der Waals surface area contributed by atoms with Gasteiger partial charge in [-0.2, -0.15) is 0 Å². The molecule has 0 aliphatic heterocycles. The van der Waals surface area contributed by atoms with Gasteiger partial charge in [-0.1, -0.05) is 13.3 Å². The summed E-state index contributed by atoms with van der Waals surface area (Å²) in [6.07, 6.45) is 3.11. The number of rotatable bonds is 13. The van der Waals surface area contributed by atoms with E-state index in [0.29, 0.717) is 19.3 Å². The maximum atomic E-state index is 11.5. The van der Waals surface area contributed by atoms with Gasteiger partial charge in [0.2, 0.25) is 5.91 Å². The number of nitrogens with one attached hydrogen (secondary N) is 1. The Bertz CT molecular complexity index is 483. The number of hydrogen-bond acceptors (Lipinski definition) is 7. The highest BCUT2D eigenvalue weighted by Crippen LogP contribution is 2.09. The predicted octanol–water partition coefficient (Wildman–Crippen LogP) is 2.28. The molecular weight excluding hydrogens is 354 g/mol. The van der Waals surface area contributed by atoms with Gasteiger partial charge in [-0.25, -0.2) is 0 Å². The third-order valence-corrected chi connectivity index (χ3v) is 3.18. The van der Waals surface area contributed by atoms with Gasteiger partial charge in [-0.3, -0.25) is 19.2 Å². The van der Waals surface area contributed by atoms with E-state index in [1.54, 1.807) is 20.8 Å². The number of esters is 3. The topological polar surface area (TPSA) is 108 Å². The SMILES string of the molecule is CCCCC(=O)NCC(=O)OCCCC(=O)OCCCC(=O)OC(C)(C)C. The lowest BCUT2D eigenvalue weighted by molar-refractivity contribution is -0.156. The van der Waals surface area contributed by atoms with E-state index in [1.807, 2.05) is 6.92 Å². The van der Waals surface area contributed by atoms with Crippen LogP contribution in [0.4, 0.5) is 0 Å². The predicted molar refractivity (Wildman–Crippen MR) is 98.8 cm³/mol. The second kappa shape index (κ2) is 14.0. The molecule has 156 valence electrons. The molecule has 0 fully saturated rings. The maximum absolute atomic E-state index is 11.5. The highest BCUT2D eigenvalue weighted by atomic mass is 16.6. The molecule has 0 radical (unpaired) electrons. The fraction of sp³-hybridized carbons (Fsp3) is 0.789. The first-order valence-corrected chi connectivity index (χ1v) is 9.44. The van der Waals surface area contributed by atoms with Crippen LogP contribution in [0.3, 0.4) is 0 Å². The van der Waals surface area contributed by atoms with Crippen LogP contribution in [0.2, 0.25) is 0 Å². The summed E-state index contributed by atoms with van der Waals surface area (Å²) >= 11 is 0. The van der Waals surface area contributed by atoms with Gasteiger partial charge in [-0.15, -0.1) is 0 Å². The van der Waals surface area contributed by atoms with Crippen molar-refractivity contribution in [2.45, 2.75) is 78.2 Å². The van der Waals surface area contributed by atoms with Crippen molar-refractivity contribution in [3.05, 3.63) is 0 Å². The Labute approximate surface area is 161 Å². The Hall–Kier alpha value is -2.12. The third kappa shape index (κ3) is 17.1.